The molecule has 1 aliphatic rings. The summed E-state index contributed by atoms with van der Waals surface area (Å²) in [4.78, 5) is 0. The standard InChI is InChI=1S/C14H22N2S/c1-2-11-3-5-12(6-4-11)9-14(16-15)13-7-8-17-10-13/h3-6,13-14,16H,2,7-10,15H2,1H3. The molecule has 2 atom stereocenters. The average molecular weight is 250 g/mol. The molecule has 2 rings (SSSR count). The Kier molecular flexibility index (Phi) is 4.89. The molecule has 2 unspecified atom stereocenters. The maximum atomic E-state index is 5.70. The molecular weight excluding hydrogens is 228 g/mol. The maximum absolute atomic E-state index is 5.70. The van der Waals surface area contributed by atoms with E-state index in [4.69, 9.17) is 5.84 Å². The van der Waals surface area contributed by atoms with Crippen molar-refractivity contribution in [2.45, 2.75) is 32.2 Å². The zero-order chi connectivity index (χ0) is 12.1. The van der Waals surface area contributed by atoms with E-state index in [1.807, 2.05) is 11.8 Å². The van der Waals surface area contributed by atoms with Crippen LogP contribution >= 0.6 is 11.8 Å². The van der Waals surface area contributed by atoms with E-state index < -0.39 is 0 Å². The molecule has 0 radical (unpaired) electrons. The van der Waals surface area contributed by atoms with Crippen LogP contribution in [0.2, 0.25) is 0 Å². The van der Waals surface area contributed by atoms with Crippen molar-refractivity contribution in [2.24, 2.45) is 11.8 Å². The number of hydrazine groups is 1. The first-order chi connectivity index (χ1) is 8.33. The molecule has 3 N–H and O–H groups in total. The summed E-state index contributed by atoms with van der Waals surface area (Å²) in [5.41, 5.74) is 5.80. The highest BCUT2D eigenvalue weighted by Gasteiger charge is 2.24. The van der Waals surface area contributed by atoms with E-state index in [9.17, 15) is 0 Å². The van der Waals surface area contributed by atoms with Crippen LogP contribution < -0.4 is 11.3 Å². The summed E-state index contributed by atoms with van der Waals surface area (Å²) in [5.74, 6) is 8.97. The molecule has 1 aromatic rings. The van der Waals surface area contributed by atoms with Crippen LogP contribution in [-0.4, -0.2) is 17.5 Å². The molecule has 0 bridgehead atoms. The predicted octanol–water partition coefficient (Wildman–Crippen LogP) is 2.38. The normalized spacial score (nSPS) is 21.6. The van der Waals surface area contributed by atoms with E-state index in [1.54, 1.807) is 0 Å². The number of rotatable bonds is 5. The van der Waals surface area contributed by atoms with Gasteiger partial charge in [0.05, 0.1) is 0 Å². The Morgan fingerprint density at radius 3 is 2.59 bits per heavy atom. The van der Waals surface area contributed by atoms with Gasteiger partial charge in [0.25, 0.3) is 0 Å². The first-order valence-corrected chi connectivity index (χ1v) is 7.60. The predicted molar refractivity (Wildman–Crippen MR) is 76.1 cm³/mol. The molecule has 0 aliphatic carbocycles. The minimum atomic E-state index is 0.428. The van der Waals surface area contributed by atoms with Gasteiger partial charge in [-0.2, -0.15) is 11.8 Å². The van der Waals surface area contributed by atoms with E-state index in [0.29, 0.717) is 6.04 Å². The lowest BCUT2D eigenvalue weighted by atomic mass is 9.93. The number of aryl methyl sites for hydroxylation is 1. The molecule has 1 aromatic carbocycles. The molecule has 0 saturated carbocycles. The van der Waals surface area contributed by atoms with Gasteiger partial charge in [-0.25, -0.2) is 0 Å². The van der Waals surface area contributed by atoms with Gasteiger partial charge in [-0.3, -0.25) is 11.3 Å². The summed E-state index contributed by atoms with van der Waals surface area (Å²) < 4.78 is 0. The van der Waals surface area contributed by atoms with E-state index >= 15 is 0 Å². The minimum Gasteiger partial charge on any atom is -0.271 e. The molecule has 94 valence electrons. The maximum Gasteiger partial charge on any atom is 0.0287 e. The van der Waals surface area contributed by atoms with E-state index in [2.05, 4.69) is 36.6 Å². The van der Waals surface area contributed by atoms with Crippen LogP contribution in [0.15, 0.2) is 24.3 Å². The van der Waals surface area contributed by atoms with Gasteiger partial charge in [-0.15, -0.1) is 0 Å². The van der Waals surface area contributed by atoms with Crippen molar-refractivity contribution in [1.29, 1.82) is 0 Å². The van der Waals surface area contributed by atoms with E-state index in [1.165, 1.54) is 29.1 Å². The number of nitrogens with two attached hydrogens (primary N) is 1. The number of nitrogens with one attached hydrogen (secondary N) is 1. The molecule has 0 spiro atoms. The second-order valence-corrected chi connectivity index (χ2v) is 5.92. The second-order valence-electron chi connectivity index (χ2n) is 4.77. The van der Waals surface area contributed by atoms with Gasteiger partial charge in [0.2, 0.25) is 0 Å². The van der Waals surface area contributed by atoms with Crippen molar-refractivity contribution in [2.75, 3.05) is 11.5 Å². The molecule has 1 fully saturated rings. The van der Waals surface area contributed by atoms with Crippen LogP contribution in [0.3, 0.4) is 0 Å². The molecule has 0 amide bonds. The van der Waals surface area contributed by atoms with Crippen LogP contribution in [0.4, 0.5) is 0 Å². The van der Waals surface area contributed by atoms with Gasteiger partial charge in [-0.1, -0.05) is 31.2 Å². The van der Waals surface area contributed by atoms with Crippen molar-refractivity contribution in [3.8, 4) is 0 Å². The smallest absolute Gasteiger partial charge is 0.0287 e. The molecule has 1 heterocycles. The van der Waals surface area contributed by atoms with Crippen molar-refractivity contribution >= 4 is 11.8 Å². The summed E-state index contributed by atoms with van der Waals surface area (Å²) in [5, 5.41) is 0. The van der Waals surface area contributed by atoms with Gasteiger partial charge in [0.15, 0.2) is 0 Å². The lowest BCUT2D eigenvalue weighted by Crippen LogP contribution is -2.42. The Balaban J connectivity index is 1.96. The van der Waals surface area contributed by atoms with Crippen molar-refractivity contribution < 1.29 is 0 Å². The Labute approximate surface area is 108 Å². The number of hydrogen-bond acceptors (Lipinski definition) is 3. The summed E-state index contributed by atoms with van der Waals surface area (Å²) in [6, 6.07) is 9.37. The Bertz CT molecular complexity index is 331. The molecule has 1 saturated heterocycles. The van der Waals surface area contributed by atoms with E-state index in [-0.39, 0.29) is 0 Å². The van der Waals surface area contributed by atoms with Crippen LogP contribution in [0.5, 0.6) is 0 Å². The van der Waals surface area contributed by atoms with Gasteiger partial charge in [-0.05, 0) is 47.8 Å². The van der Waals surface area contributed by atoms with Crippen LogP contribution in [0.25, 0.3) is 0 Å². The third kappa shape index (κ3) is 3.47. The number of benzene rings is 1. The SMILES string of the molecule is CCc1ccc(CC(NN)C2CCSC2)cc1. The fourth-order valence-corrected chi connectivity index (χ4v) is 3.73. The Morgan fingerprint density at radius 2 is 2.06 bits per heavy atom. The van der Waals surface area contributed by atoms with Gasteiger partial charge in [0, 0.05) is 6.04 Å². The third-order valence-electron chi connectivity index (χ3n) is 3.63. The van der Waals surface area contributed by atoms with Crippen molar-refractivity contribution in [3.05, 3.63) is 35.4 Å². The highest BCUT2D eigenvalue weighted by Crippen LogP contribution is 2.27. The topological polar surface area (TPSA) is 38.0 Å². The van der Waals surface area contributed by atoms with Gasteiger partial charge >= 0.3 is 0 Å². The van der Waals surface area contributed by atoms with Gasteiger partial charge < -0.3 is 0 Å². The van der Waals surface area contributed by atoms with Crippen molar-refractivity contribution in [3.63, 3.8) is 0 Å². The first-order valence-electron chi connectivity index (χ1n) is 6.45. The molecule has 17 heavy (non-hydrogen) atoms. The van der Waals surface area contributed by atoms with E-state index in [0.717, 1.165) is 18.8 Å². The van der Waals surface area contributed by atoms with Crippen LogP contribution in [0.1, 0.15) is 24.5 Å². The zero-order valence-electron chi connectivity index (χ0n) is 10.5. The summed E-state index contributed by atoms with van der Waals surface area (Å²) in [6.45, 7) is 2.19. The second kappa shape index (κ2) is 6.43. The summed E-state index contributed by atoms with van der Waals surface area (Å²) in [7, 11) is 0. The lowest BCUT2D eigenvalue weighted by Gasteiger charge is -2.22. The lowest BCUT2D eigenvalue weighted by molar-refractivity contribution is 0.386. The zero-order valence-corrected chi connectivity index (χ0v) is 11.3. The number of thioether (sulfide) groups is 1. The monoisotopic (exact) mass is 250 g/mol. The average Bonchev–Trinajstić information content (AvgIpc) is 2.90. The summed E-state index contributed by atoms with van der Waals surface area (Å²) in [6.07, 6.45) is 3.45. The van der Waals surface area contributed by atoms with Gasteiger partial charge in [0.1, 0.15) is 0 Å². The highest BCUT2D eigenvalue weighted by molar-refractivity contribution is 7.99. The molecule has 1 aliphatic heterocycles. The molecule has 0 aromatic heterocycles. The third-order valence-corrected chi connectivity index (χ3v) is 4.82. The fraction of sp³-hybridized carbons (Fsp3) is 0.571. The van der Waals surface area contributed by atoms with Crippen LogP contribution in [-0.2, 0) is 12.8 Å². The molecule has 2 nitrogen and oxygen atoms in total. The Hall–Kier alpha value is -0.510. The highest BCUT2D eigenvalue weighted by atomic mass is 32.2. The quantitative estimate of drug-likeness (QED) is 0.622. The number of hydrogen-bond donors (Lipinski definition) is 2. The summed E-state index contributed by atoms with van der Waals surface area (Å²) >= 11 is 2.05. The molecule has 3 heteroatoms. The largest absolute Gasteiger partial charge is 0.271 e. The molecular formula is C14H22N2S. The Morgan fingerprint density at radius 1 is 1.35 bits per heavy atom. The minimum absolute atomic E-state index is 0.428. The first kappa shape index (κ1) is 12.9. The fourth-order valence-electron chi connectivity index (χ4n) is 2.40. The van der Waals surface area contributed by atoms with Crippen LogP contribution in [0, 0.1) is 5.92 Å². The van der Waals surface area contributed by atoms with Crippen molar-refractivity contribution in [1.82, 2.24) is 5.43 Å².